The topological polar surface area (TPSA) is 165 Å². The van der Waals surface area contributed by atoms with Gasteiger partial charge in [0.1, 0.15) is 35.4 Å². The lowest BCUT2D eigenvalue weighted by atomic mass is 9.95. The fraction of sp³-hybridized carbons (Fsp3) is 0.360. The summed E-state index contributed by atoms with van der Waals surface area (Å²) in [6.07, 6.45) is 3.08. The maximum atomic E-state index is 13.4. The molecule has 0 radical (unpaired) electrons. The molecule has 12 heteroatoms. The molecular weight excluding hydrogens is 496 g/mol. The Morgan fingerprint density at radius 2 is 1.73 bits per heavy atom. The molecule has 2 aromatic rings. The average Bonchev–Trinajstić information content (AvgIpc) is 3.14. The van der Waals surface area contributed by atoms with Gasteiger partial charge in [0.15, 0.2) is 0 Å². The number of β-lactam (4-membered cyclic amide) rings is 1. The van der Waals surface area contributed by atoms with Crippen LogP contribution in [0.3, 0.4) is 0 Å². The Balaban J connectivity index is 1.46. The minimum Gasteiger partial charge on any atom is -0.480 e. The minimum absolute atomic E-state index is 0.0276. The summed E-state index contributed by atoms with van der Waals surface area (Å²) < 4.78 is -0.723. The number of carbonyl (C=O) groups excluding carboxylic acids is 3. The van der Waals surface area contributed by atoms with Crippen molar-refractivity contribution in [3.05, 3.63) is 66.0 Å². The number of nitrogens with zero attached hydrogens (tertiary/aromatic N) is 2. The SMILES string of the molecule is CC(NC(=N)c1ccncc1)C(=O)NC(C(=O)N[C@@H]1C(=O)N2[C@@H]1SC(C)(C)[C@@H]2C(=O)O)c1ccccc1. The first-order valence-electron chi connectivity index (χ1n) is 11.6. The number of rotatable bonds is 8. The van der Waals surface area contributed by atoms with Crippen molar-refractivity contribution in [2.24, 2.45) is 0 Å². The highest BCUT2D eigenvalue weighted by molar-refractivity contribution is 8.01. The lowest BCUT2D eigenvalue weighted by molar-refractivity contribution is -0.161. The Morgan fingerprint density at radius 3 is 2.35 bits per heavy atom. The number of pyridine rings is 1. The van der Waals surface area contributed by atoms with Crippen LogP contribution >= 0.6 is 11.8 Å². The van der Waals surface area contributed by atoms with E-state index in [1.807, 2.05) is 0 Å². The van der Waals surface area contributed by atoms with E-state index in [4.69, 9.17) is 5.41 Å². The van der Waals surface area contributed by atoms with Crippen molar-refractivity contribution in [3.63, 3.8) is 0 Å². The van der Waals surface area contributed by atoms with Crippen LogP contribution in [0.1, 0.15) is 37.9 Å². The van der Waals surface area contributed by atoms with E-state index in [0.717, 1.165) is 0 Å². The first-order chi connectivity index (χ1) is 17.5. The molecule has 0 spiro atoms. The molecule has 4 rings (SSSR count). The van der Waals surface area contributed by atoms with Crippen LogP contribution in [0.25, 0.3) is 0 Å². The number of amides is 3. The highest BCUT2D eigenvalue weighted by Crippen LogP contribution is 2.50. The Bertz CT molecular complexity index is 1220. The number of hydrogen-bond acceptors (Lipinski definition) is 7. The van der Waals surface area contributed by atoms with Gasteiger partial charge in [-0.05, 0) is 38.5 Å². The number of benzene rings is 1. The summed E-state index contributed by atoms with van der Waals surface area (Å²) in [5.74, 6) is -2.65. The molecule has 37 heavy (non-hydrogen) atoms. The zero-order valence-electron chi connectivity index (χ0n) is 20.5. The van der Waals surface area contributed by atoms with Crippen molar-refractivity contribution in [1.82, 2.24) is 25.8 Å². The summed E-state index contributed by atoms with van der Waals surface area (Å²) in [6, 6.07) is 8.03. The van der Waals surface area contributed by atoms with Gasteiger partial charge in [0, 0.05) is 22.7 Å². The highest BCUT2D eigenvalue weighted by Gasteiger charge is 2.64. The van der Waals surface area contributed by atoms with E-state index in [9.17, 15) is 24.3 Å². The van der Waals surface area contributed by atoms with Gasteiger partial charge in [-0.15, -0.1) is 11.8 Å². The predicted octanol–water partition coefficient (Wildman–Crippen LogP) is 0.874. The van der Waals surface area contributed by atoms with Crippen LogP contribution in [-0.2, 0) is 19.2 Å². The second kappa shape index (κ2) is 10.2. The molecule has 3 heterocycles. The summed E-state index contributed by atoms with van der Waals surface area (Å²) >= 11 is 1.32. The normalized spacial score (nSPS) is 23.2. The maximum Gasteiger partial charge on any atom is 0.327 e. The summed E-state index contributed by atoms with van der Waals surface area (Å²) in [5, 5.41) is 25.5. The number of hydrogen-bond donors (Lipinski definition) is 5. The van der Waals surface area contributed by atoms with Gasteiger partial charge in [-0.1, -0.05) is 30.3 Å². The predicted molar refractivity (Wildman–Crippen MR) is 137 cm³/mol. The van der Waals surface area contributed by atoms with Crippen LogP contribution < -0.4 is 16.0 Å². The maximum absolute atomic E-state index is 13.4. The Hall–Kier alpha value is -3.93. The summed E-state index contributed by atoms with van der Waals surface area (Å²) in [5.41, 5.74) is 1.06. The number of aliphatic carboxylic acids is 1. The largest absolute Gasteiger partial charge is 0.480 e. The number of fused-ring (bicyclic) bond motifs is 1. The third-order valence-corrected chi connectivity index (χ3v) is 7.95. The number of carbonyl (C=O) groups is 4. The van der Waals surface area contributed by atoms with Gasteiger partial charge in [-0.2, -0.15) is 0 Å². The van der Waals surface area contributed by atoms with Crippen molar-refractivity contribution in [2.45, 2.75) is 55.1 Å². The van der Waals surface area contributed by atoms with E-state index in [0.29, 0.717) is 11.1 Å². The molecule has 194 valence electrons. The number of carboxylic acid groups (broad SMARTS) is 1. The molecule has 0 bridgehead atoms. The molecule has 5 N–H and O–H groups in total. The van der Waals surface area contributed by atoms with Crippen LogP contribution in [0.5, 0.6) is 0 Å². The third-order valence-electron chi connectivity index (χ3n) is 6.38. The Labute approximate surface area is 217 Å². The zero-order chi connectivity index (χ0) is 26.9. The molecule has 11 nitrogen and oxygen atoms in total. The second-order valence-corrected chi connectivity index (χ2v) is 11.2. The number of carboxylic acids is 1. The lowest BCUT2D eigenvalue weighted by Crippen LogP contribution is -2.71. The molecule has 1 aromatic carbocycles. The van der Waals surface area contributed by atoms with E-state index in [-0.39, 0.29) is 5.84 Å². The molecule has 1 aromatic heterocycles. The highest BCUT2D eigenvalue weighted by atomic mass is 32.2. The smallest absolute Gasteiger partial charge is 0.327 e. The van der Waals surface area contributed by atoms with Crippen LogP contribution in [0.4, 0.5) is 0 Å². The molecular formula is C25H28N6O5S. The van der Waals surface area contributed by atoms with Gasteiger partial charge in [0.2, 0.25) is 17.7 Å². The second-order valence-electron chi connectivity index (χ2n) is 9.41. The van der Waals surface area contributed by atoms with E-state index < -0.39 is 58.0 Å². The fourth-order valence-electron chi connectivity index (χ4n) is 4.48. The van der Waals surface area contributed by atoms with Gasteiger partial charge < -0.3 is 26.0 Å². The van der Waals surface area contributed by atoms with Crippen molar-refractivity contribution < 1.29 is 24.3 Å². The number of nitrogens with one attached hydrogen (secondary N) is 4. The first-order valence-corrected chi connectivity index (χ1v) is 12.5. The van der Waals surface area contributed by atoms with Gasteiger partial charge in [-0.3, -0.25) is 24.8 Å². The van der Waals surface area contributed by atoms with Crippen LogP contribution in [0.15, 0.2) is 54.9 Å². The van der Waals surface area contributed by atoms with Gasteiger partial charge in [0.25, 0.3) is 0 Å². The van der Waals surface area contributed by atoms with E-state index >= 15 is 0 Å². The summed E-state index contributed by atoms with van der Waals surface area (Å²) in [7, 11) is 0. The molecule has 0 saturated carbocycles. The first kappa shape index (κ1) is 26.1. The average molecular weight is 525 g/mol. The number of thioether (sulfide) groups is 1. The molecule has 2 aliphatic rings. The van der Waals surface area contributed by atoms with Crippen molar-refractivity contribution in [1.29, 1.82) is 5.41 Å². The molecule has 2 saturated heterocycles. The molecule has 2 fully saturated rings. The summed E-state index contributed by atoms with van der Waals surface area (Å²) in [6.45, 7) is 5.08. The van der Waals surface area contributed by atoms with Crippen LogP contribution in [0.2, 0.25) is 0 Å². The van der Waals surface area contributed by atoms with Crippen molar-refractivity contribution in [3.8, 4) is 0 Å². The molecule has 2 unspecified atom stereocenters. The van der Waals surface area contributed by atoms with Crippen molar-refractivity contribution in [2.75, 3.05) is 0 Å². The lowest BCUT2D eigenvalue weighted by Gasteiger charge is -2.44. The van der Waals surface area contributed by atoms with E-state index in [2.05, 4.69) is 20.9 Å². The Morgan fingerprint density at radius 1 is 1.08 bits per heavy atom. The van der Waals surface area contributed by atoms with E-state index in [1.54, 1.807) is 63.2 Å². The standard InChI is InChI=1S/C25H28N6O5S/c1-13(28-19(26)15-9-11-27-12-10-15)20(32)29-16(14-7-5-4-6-8-14)21(33)30-17-22(34)31-18(24(35)36)25(2,3)37-23(17)31/h4-13,16-18,23H,1-3H3,(H2,26,28)(H,29,32)(H,30,33)(H,35,36)/t13?,16?,17-,18+,23-/m1/s1. The van der Waals surface area contributed by atoms with Crippen molar-refractivity contribution >= 4 is 41.3 Å². The number of aromatic nitrogens is 1. The monoisotopic (exact) mass is 524 g/mol. The quantitative estimate of drug-likeness (QED) is 0.193. The van der Waals surface area contributed by atoms with Gasteiger partial charge >= 0.3 is 5.97 Å². The minimum atomic E-state index is -1.11. The van der Waals surface area contributed by atoms with Gasteiger partial charge in [0.05, 0.1) is 0 Å². The fourth-order valence-corrected chi connectivity index (χ4v) is 6.10. The zero-order valence-corrected chi connectivity index (χ0v) is 21.3. The van der Waals surface area contributed by atoms with Crippen LogP contribution in [-0.4, -0.2) is 72.8 Å². The number of amidine groups is 1. The molecule has 2 aliphatic heterocycles. The van der Waals surface area contributed by atoms with E-state index in [1.165, 1.54) is 29.1 Å². The van der Waals surface area contributed by atoms with Gasteiger partial charge in [-0.25, -0.2) is 4.79 Å². The molecule has 0 aliphatic carbocycles. The Kier molecular flexibility index (Phi) is 7.21. The molecule has 3 amide bonds. The van der Waals surface area contributed by atoms with Crippen LogP contribution in [0, 0.1) is 5.41 Å². The molecule has 5 atom stereocenters. The third kappa shape index (κ3) is 5.15. The summed E-state index contributed by atoms with van der Waals surface area (Å²) in [4.78, 5) is 56.2.